The Bertz CT molecular complexity index is 670. The van der Waals surface area contributed by atoms with Gasteiger partial charge in [-0.25, -0.2) is 0 Å². The van der Waals surface area contributed by atoms with Crippen LogP contribution in [0.15, 0.2) is 36.5 Å². The summed E-state index contributed by atoms with van der Waals surface area (Å²) in [5.41, 5.74) is 7.19. The fourth-order valence-corrected chi connectivity index (χ4v) is 1.78. The van der Waals surface area contributed by atoms with Crippen LogP contribution in [0, 0.1) is 11.3 Å². The van der Waals surface area contributed by atoms with Crippen LogP contribution in [-0.4, -0.2) is 17.6 Å². The minimum atomic E-state index is -0.255. The standard InChI is InChI=1S/C14H14N4O2/c1-20-11-4-5-13(12(16)7-11)17-14(19)9-18-6-2-3-10(18)8-15/h2-7H,9,16H2,1H3,(H,17,19). The summed E-state index contributed by atoms with van der Waals surface area (Å²) in [6, 6.07) is 10.4. The average Bonchev–Trinajstić information content (AvgIpc) is 2.88. The average molecular weight is 270 g/mol. The van der Waals surface area contributed by atoms with Crippen LogP contribution >= 0.6 is 0 Å². The van der Waals surface area contributed by atoms with Gasteiger partial charge in [0.05, 0.1) is 18.5 Å². The molecule has 6 heteroatoms. The molecule has 1 aromatic heterocycles. The number of ether oxygens (including phenoxy) is 1. The van der Waals surface area contributed by atoms with Crippen LogP contribution in [0.25, 0.3) is 0 Å². The van der Waals surface area contributed by atoms with Gasteiger partial charge in [0.25, 0.3) is 0 Å². The Morgan fingerprint density at radius 1 is 1.50 bits per heavy atom. The number of benzene rings is 1. The van der Waals surface area contributed by atoms with Gasteiger partial charge in [-0.3, -0.25) is 4.79 Å². The normalized spacial score (nSPS) is 9.80. The summed E-state index contributed by atoms with van der Waals surface area (Å²) < 4.78 is 6.60. The molecule has 0 aliphatic rings. The topological polar surface area (TPSA) is 93.1 Å². The molecule has 2 aromatic rings. The summed E-state index contributed by atoms with van der Waals surface area (Å²) in [7, 11) is 1.54. The van der Waals surface area contributed by atoms with Crippen LogP contribution in [0.2, 0.25) is 0 Å². The number of amides is 1. The molecule has 2 rings (SSSR count). The Balaban J connectivity index is 2.07. The molecule has 0 unspecified atom stereocenters. The lowest BCUT2D eigenvalue weighted by Crippen LogP contribution is -2.19. The predicted octanol–water partition coefficient (Wildman–Crippen LogP) is 1.59. The lowest BCUT2D eigenvalue weighted by atomic mass is 10.2. The maximum Gasteiger partial charge on any atom is 0.244 e. The SMILES string of the molecule is COc1ccc(NC(=O)Cn2cccc2C#N)c(N)c1. The molecule has 0 fully saturated rings. The molecule has 6 nitrogen and oxygen atoms in total. The third-order valence-electron chi connectivity index (χ3n) is 2.79. The molecule has 0 aliphatic heterocycles. The van der Waals surface area contributed by atoms with Crippen LogP contribution in [0.3, 0.4) is 0 Å². The van der Waals surface area contributed by atoms with Gasteiger partial charge in [0.15, 0.2) is 0 Å². The number of methoxy groups -OCH3 is 1. The minimum absolute atomic E-state index is 0.0569. The number of carbonyl (C=O) groups excluding carboxylic acids is 1. The first-order chi connectivity index (χ1) is 9.63. The molecule has 102 valence electrons. The second kappa shape index (κ2) is 5.80. The van der Waals surface area contributed by atoms with E-state index in [4.69, 9.17) is 15.7 Å². The highest BCUT2D eigenvalue weighted by Crippen LogP contribution is 2.23. The molecule has 0 atom stereocenters. The molecule has 0 bridgehead atoms. The van der Waals surface area contributed by atoms with Crippen molar-refractivity contribution in [1.82, 2.24) is 4.57 Å². The molecule has 1 amide bonds. The number of nitriles is 1. The number of hydrogen-bond acceptors (Lipinski definition) is 4. The zero-order valence-corrected chi connectivity index (χ0v) is 11.0. The summed E-state index contributed by atoms with van der Waals surface area (Å²) in [6.45, 7) is 0.0569. The van der Waals surface area contributed by atoms with E-state index in [-0.39, 0.29) is 12.5 Å². The van der Waals surface area contributed by atoms with Crippen molar-refractivity contribution in [3.05, 3.63) is 42.2 Å². The molecular formula is C14H14N4O2. The van der Waals surface area contributed by atoms with E-state index in [1.807, 2.05) is 6.07 Å². The number of carbonyl (C=O) groups is 1. The number of nitrogens with one attached hydrogen (secondary N) is 1. The number of hydrogen-bond donors (Lipinski definition) is 2. The first-order valence-corrected chi connectivity index (χ1v) is 5.92. The summed E-state index contributed by atoms with van der Waals surface area (Å²) >= 11 is 0. The van der Waals surface area contributed by atoms with Crippen molar-refractivity contribution in [2.75, 3.05) is 18.2 Å². The lowest BCUT2D eigenvalue weighted by Gasteiger charge is -2.10. The number of rotatable bonds is 4. The molecule has 0 radical (unpaired) electrons. The fraction of sp³-hybridized carbons (Fsp3) is 0.143. The Labute approximate surface area is 116 Å². The summed E-state index contributed by atoms with van der Waals surface area (Å²) in [5, 5.41) is 11.6. The Morgan fingerprint density at radius 3 is 2.95 bits per heavy atom. The summed E-state index contributed by atoms with van der Waals surface area (Å²) in [5.74, 6) is 0.368. The van der Waals surface area contributed by atoms with Crippen LogP contribution in [-0.2, 0) is 11.3 Å². The largest absolute Gasteiger partial charge is 0.497 e. The number of nitrogens with zero attached hydrogens (tertiary/aromatic N) is 2. The van der Waals surface area contributed by atoms with Gasteiger partial charge in [-0.15, -0.1) is 0 Å². The second-order valence-corrected chi connectivity index (χ2v) is 4.13. The molecule has 0 aliphatic carbocycles. The number of nitrogens with two attached hydrogens (primary N) is 1. The molecule has 0 saturated heterocycles. The third kappa shape index (κ3) is 2.90. The van der Waals surface area contributed by atoms with Crippen molar-refractivity contribution < 1.29 is 9.53 Å². The van der Waals surface area contributed by atoms with E-state index < -0.39 is 0 Å². The molecule has 1 heterocycles. The molecule has 0 spiro atoms. The van der Waals surface area contributed by atoms with Crippen LogP contribution in [0.4, 0.5) is 11.4 Å². The molecule has 3 N–H and O–H groups in total. The lowest BCUT2D eigenvalue weighted by molar-refractivity contribution is -0.116. The van der Waals surface area contributed by atoms with Crippen molar-refractivity contribution in [3.63, 3.8) is 0 Å². The number of nitrogen functional groups attached to an aromatic ring is 1. The van der Waals surface area contributed by atoms with E-state index in [2.05, 4.69) is 5.32 Å². The molecular weight excluding hydrogens is 256 g/mol. The summed E-state index contributed by atoms with van der Waals surface area (Å²) in [6.07, 6.45) is 1.68. The smallest absolute Gasteiger partial charge is 0.244 e. The van der Waals surface area contributed by atoms with E-state index in [9.17, 15) is 4.79 Å². The second-order valence-electron chi connectivity index (χ2n) is 4.13. The van der Waals surface area contributed by atoms with Gasteiger partial charge in [-0.2, -0.15) is 5.26 Å². The molecule has 1 aromatic carbocycles. The first-order valence-electron chi connectivity index (χ1n) is 5.92. The maximum atomic E-state index is 11.9. The Hall–Kier alpha value is -2.94. The zero-order valence-electron chi connectivity index (χ0n) is 11.0. The fourth-order valence-electron chi connectivity index (χ4n) is 1.78. The minimum Gasteiger partial charge on any atom is -0.497 e. The van der Waals surface area contributed by atoms with E-state index >= 15 is 0 Å². The van der Waals surface area contributed by atoms with Crippen LogP contribution < -0.4 is 15.8 Å². The van der Waals surface area contributed by atoms with Crippen LogP contribution in [0.1, 0.15) is 5.69 Å². The molecule has 20 heavy (non-hydrogen) atoms. The van der Waals surface area contributed by atoms with Crippen molar-refractivity contribution in [2.45, 2.75) is 6.54 Å². The van der Waals surface area contributed by atoms with E-state index in [1.165, 1.54) is 0 Å². The first kappa shape index (κ1) is 13.5. The van der Waals surface area contributed by atoms with Gasteiger partial charge in [0.1, 0.15) is 24.1 Å². The van der Waals surface area contributed by atoms with E-state index in [1.54, 1.807) is 48.2 Å². The number of aromatic nitrogens is 1. The highest BCUT2D eigenvalue weighted by Gasteiger charge is 2.08. The van der Waals surface area contributed by atoms with E-state index in [0.717, 1.165) is 0 Å². The molecule has 0 saturated carbocycles. The quantitative estimate of drug-likeness (QED) is 0.825. The van der Waals surface area contributed by atoms with Crippen molar-refractivity contribution >= 4 is 17.3 Å². The Morgan fingerprint density at radius 2 is 2.30 bits per heavy atom. The monoisotopic (exact) mass is 270 g/mol. The summed E-state index contributed by atoms with van der Waals surface area (Å²) in [4.78, 5) is 11.9. The highest BCUT2D eigenvalue weighted by atomic mass is 16.5. The van der Waals surface area contributed by atoms with Gasteiger partial charge in [0, 0.05) is 12.3 Å². The van der Waals surface area contributed by atoms with Crippen molar-refractivity contribution in [3.8, 4) is 11.8 Å². The van der Waals surface area contributed by atoms with Gasteiger partial charge in [0.2, 0.25) is 5.91 Å². The Kier molecular flexibility index (Phi) is 3.91. The van der Waals surface area contributed by atoms with Gasteiger partial charge >= 0.3 is 0 Å². The van der Waals surface area contributed by atoms with Crippen molar-refractivity contribution in [1.29, 1.82) is 5.26 Å². The maximum absolute atomic E-state index is 11.9. The van der Waals surface area contributed by atoms with Gasteiger partial charge in [-0.1, -0.05) is 0 Å². The van der Waals surface area contributed by atoms with Gasteiger partial charge in [-0.05, 0) is 24.3 Å². The third-order valence-corrected chi connectivity index (χ3v) is 2.79. The van der Waals surface area contributed by atoms with Gasteiger partial charge < -0.3 is 20.4 Å². The predicted molar refractivity (Wildman–Crippen MR) is 75.2 cm³/mol. The van der Waals surface area contributed by atoms with E-state index in [0.29, 0.717) is 22.8 Å². The van der Waals surface area contributed by atoms with Crippen LogP contribution in [0.5, 0.6) is 5.75 Å². The number of anilines is 2. The highest BCUT2D eigenvalue weighted by molar-refractivity contribution is 5.93. The van der Waals surface area contributed by atoms with Crippen molar-refractivity contribution in [2.24, 2.45) is 0 Å². The zero-order chi connectivity index (χ0) is 14.5.